The van der Waals surface area contributed by atoms with E-state index in [4.69, 9.17) is 11.6 Å². The Morgan fingerprint density at radius 2 is 2.00 bits per heavy atom. The normalized spacial score (nSPS) is 17.5. The minimum atomic E-state index is -0.757. The maximum Gasteiger partial charge on any atom is 0.256 e. The van der Waals surface area contributed by atoms with E-state index in [1.807, 2.05) is 0 Å². The van der Waals surface area contributed by atoms with E-state index in [2.05, 4.69) is 5.32 Å². The molecule has 0 saturated carbocycles. The molecule has 2 aromatic rings. The van der Waals surface area contributed by atoms with Gasteiger partial charge in [-0.2, -0.15) is 0 Å². The SMILES string of the molecule is Cc1cc(O)ccc1N1C(=O)CC(Nc2ccc(F)c(Cl)c2)C1=O. The summed E-state index contributed by atoms with van der Waals surface area (Å²) < 4.78 is 13.2. The summed E-state index contributed by atoms with van der Waals surface area (Å²) in [7, 11) is 0. The number of nitrogens with one attached hydrogen (secondary N) is 1. The highest BCUT2D eigenvalue weighted by Crippen LogP contribution is 2.30. The predicted octanol–water partition coefficient (Wildman–Crippen LogP) is 3.24. The predicted molar refractivity (Wildman–Crippen MR) is 88.8 cm³/mol. The highest BCUT2D eigenvalue weighted by molar-refractivity contribution is 6.31. The number of phenols is 1. The number of phenolic OH excluding ortho intramolecular Hbond substituents is 1. The van der Waals surface area contributed by atoms with E-state index >= 15 is 0 Å². The summed E-state index contributed by atoms with van der Waals surface area (Å²) >= 11 is 5.72. The van der Waals surface area contributed by atoms with Crippen molar-refractivity contribution in [2.24, 2.45) is 0 Å². The molecular formula is C17H14ClFN2O3. The Kier molecular flexibility index (Phi) is 4.15. The Morgan fingerprint density at radius 3 is 2.67 bits per heavy atom. The lowest BCUT2D eigenvalue weighted by atomic mass is 10.1. The number of hydrogen-bond acceptors (Lipinski definition) is 4. The number of amides is 2. The molecule has 2 N–H and O–H groups in total. The van der Waals surface area contributed by atoms with Crippen LogP contribution in [0.25, 0.3) is 0 Å². The van der Waals surface area contributed by atoms with Crippen molar-refractivity contribution < 1.29 is 19.1 Å². The molecule has 2 amide bonds. The second-order valence-corrected chi connectivity index (χ2v) is 5.98. The van der Waals surface area contributed by atoms with Crippen LogP contribution in [0.1, 0.15) is 12.0 Å². The number of hydrogen-bond donors (Lipinski definition) is 2. The van der Waals surface area contributed by atoms with Gasteiger partial charge in [0.15, 0.2) is 0 Å². The van der Waals surface area contributed by atoms with Crippen molar-refractivity contribution in [2.75, 3.05) is 10.2 Å². The summed E-state index contributed by atoms with van der Waals surface area (Å²) in [5.74, 6) is -1.25. The van der Waals surface area contributed by atoms with Crippen molar-refractivity contribution in [1.29, 1.82) is 0 Å². The first kappa shape index (κ1) is 16.3. The number of carbonyl (C=O) groups excluding carboxylic acids is 2. The Morgan fingerprint density at radius 1 is 1.25 bits per heavy atom. The third-order valence-electron chi connectivity index (χ3n) is 3.83. The third kappa shape index (κ3) is 2.92. The van der Waals surface area contributed by atoms with Crippen LogP contribution < -0.4 is 10.2 Å². The fourth-order valence-corrected chi connectivity index (χ4v) is 2.86. The van der Waals surface area contributed by atoms with Crippen LogP contribution in [0.5, 0.6) is 5.75 Å². The summed E-state index contributed by atoms with van der Waals surface area (Å²) in [6.07, 6.45) is -0.0197. The van der Waals surface area contributed by atoms with Gasteiger partial charge in [0, 0.05) is 5.69 Å². The van der Waals surface area contributed by atoms with Crippen LogP contribution in [0.4, 0.5) is 15.8 Å². The zero-order chi connectivity index (χ0) is 17.4. The molecule has 0 aromatic heterocycles. The van der Waals surface area contributed by atoms with E-state index in [1.165, 1.54) is 36.4 Å². The van der Waals surface area contributed by atoms with Crippen LogP contribution in [0.15, 0.2) is 36.4 Å². The summed E-state index contributed by atoms with van der Waals surface area (Å²) in [4.78, 5) is 25.9. The van der Waals surface area contributed by atoms with Crippen molar-refractivity contribution in [3.05, 3.63) is 52.8 Å². The number of rotatable bonds is 3. The van der Waals surface area contributed by atoms with Gasteiger partial charge in [-0.25, -0.2) is 9.29 Å². The second-order valence-electron chi connectivity index (χ2n) is 5.57. The lowest BCUT2D eigenvalue weighted by molar-refractivity contribution is -0.121. The molecule has 7 heteroatoms. The van der Waals surface area contributed by atoms with Gasteiger partial charge >= 0.3 is 0 Å². The zero-order valence-electron chi connectivity index (χ0n) is 12.7. The van der Waals surface area contributed by atoms with Crippen molar-refractivity contribution >= 4 is 34.8 Å². The second kappa shape index (κ2) is 6.13. The number of aryl methyl sites for hydroxylation is 1. The average Bonchev–Trinajstić information content (AvgIpc) is 2.78. The Labute approximate surface area is 142 Å². The number of benzene rings is 2. The van der Waals surface area contributed by atoms with Gasteiger partial charge in [0.25, 0.3) is 5.91 Å². The summed E-state index contributed by atoms with van der Waals surface area (Å²) in [5, 5.41) is 12.3. The molecule has 1 aliphatic heterocycles. The van der Waals surface area contributed by atoms with E-state index in [0.717, 1.165) is 4.90 Å². The number of anilines is 2. The Bertz CT molecular complexity index is 841. The highest BCUT2D eigenvalue weighted by Gasteiger charge is 2.40. The number of imide groups is 1. The summed E-state index contributed by atoms with van der Waals surface area (Å²) in [6, 6.07) is 7.68. The lowest BCUT2D eigenvalue weighted by Gasteiger charge is -2.18. The lowest BCUT2D eigenvalue weighted by Crippen LogP contribution is -2.35. The fourth-order valence-electron chi connectivity index (χ4n) is 2.68. The monoisotopic (exact) mass is 348 g/mol. The minimum absolute atomic E-state index is 0.0197. The quantitative estimate of drug-likeness (QED) is 0.835. The van der Waals surface area contributed by atoms with Crippen molar-refractivity contribution in [1.82, 2.24) is 0 Å². The van der Waals surface area contributed by atoms with Gasteiger partial charge in [-0.3, -0.25) is 9.59 Å². The average molecular weight is 349 g/mol. The molecule has 1 unspecified atom stereocenters. The van der Waals surface area contributed by atoms with Crippen LogP contribution in [0, 0.1) is 12.7 Å². The molecule has 1 saturated heterocycles. The van der Waals surface area contributed by atoms with Gasteiger partial charge in [0.1, 0.15) is 17.6 Å². The standard InChI is InChI=1S/C17H14ClFN2O3/c1-9-6-11(22)3-5-15(9)21-16(23)8-14(17(21)24)20-10-2-4-13(19)12(18)7-10/h2-7,14,20,22H,8H2,1H3. The molecule has 3 rings (SSSR count). The van der Waals surface area contributed by atoms with Crippen LogP contribution in [0.2, 0.25) is 5.02 Å². The third-order valence-corrected chi connectivity index (χ3v) is 4.12. The molecule has 0 aliphatic carbocycles. The first-order chi connectivity index (χ1) is 11.4. The molecule has 124 valence electrons. The number of halogens is 2. The molecule has 1 aliphatic rings. The molecule has 1 atom stereocenters. The van der Waals surface area contributed by atoms with Gasteiger partial charge in [0.2, 0.25) is 5.91 Å². The molecule has 0 spiro atoms. The van der Waals surface area contributed by atoms with Crippen LogP contribution in [-0.4, -0.2) is 23.0 Å². The molecule has 0 radical (unpaired) electrons. The first-order valence-corrected chi connectivity index (χ1v) is 7.62. The molecular weight excluding hydrogens is 335 g/mol. The van der Waals surface area contributed by atoms with Crippen LogP contribution >= 0.6 is 11.6 Å². The maximum atomic E-state index is 13.2. The first-order valence-electron chi connectivity index (χ1n) is 7.25. The molecule has 1 heterocycles. The number of nitrogens with zero attached hydrogens (tertiary/aromatic N) is 1. The topological polar surface area (TPSA) is 69.6 Å². The molecule has 5 nitrogen and oxygen atoms in total. The van der Waals surface area contributed by atoms with E-state index in [1.54, 1.807) is 6.92 Å². The fraction of sp³-hybridized carbons (Fsp3) is 0.176. The van der Waals surface area contributed by atoms with Crippen molar-refractivity contribution in [3.8, 4) is 5.75 Å². The van der Waals surface area contributed by atoms with Gasteiger partial charge in [-0.1, -0.05) is 11.6 Å². The van der Waals surface area contributed by atoms with Crippen LogP contribution in [0.3, 0.4) is 0 Å². The van der Waals surface area contributed by atoms with E-state index in [9.17, 15) is 19.1 Å². The van der Waals surface area contributed by atoms with E-state index in [0.29, 0.717) is 16.9 Å². The van der Waals surface area contributed by atoms with E-state index in [-0.39, 0.29) is 23.1 Å². The molecule has 2 aromatic carbocycles. The Balaban J connectivity index is 1.84. The summed E-state index contributed by atoms with van der Waals surface area (Å²) in [6.45, 7) is 1.70. The zero-order valence-corrected chi connectivity index (χ0v) is 13.5. The van der Waals surface area contributed by atoms with Crippen molar-refractivity contribution in [2.45, 2.75) is 19.4 Å². The molecule has 0 bridgehead atoms. The largest absolute Gasteiger partial charge is 0.508 e. The minimum Gasteiger partial charge on any atom is -0.508 e. The van der Waals surface area contributed by atoms with Gasteiger partial charge in [0.05, 0.1) is 17.1 Å². The maximum absolute atomic E-state index is 13.2. The van der Waals surface area contributed by atoms with Gasteiger partial charge in [-0.15, -0.1) is 0 Å². The summed E-state index contributed by atoms with van der Waals surface area (Å²) in [5.41, 5.74) is 1.50. The van der Waals surface area contributed by atoms with Gasteiger partial charge < -0.3 is 10.4 Å². The number of aromatic hydroxyl groups is 1. The van der Waals surface area contributed by atoms with Gasteiger partial charge in [-0.05, 0) is 48.9 Å². The van der Waals surface area contributed by atoms with Crippen molar-refractivity contribution in [3.63, 3.8) is 0 Å². The van der Waals surface area contributed by atoms with Crippen LogP contribution in [-0.2, 0) is 9.59 Å². The van der Waals surface area contributed by atoms with E-state index < -0.39 is 17.8 Å². The smallest absolute Gasteiger partial charge is 0.256 e. The number of carbonyl (C=O) groups is 2. The molecule has 24 heavy (non-hydrogen) atoms. The Hall–Kier alpha value is -2.60. The highest BCUT2D eigenvalue weighted by atomic mass is 35.5. The molecule has 1 fully saturated rings.